The number of allylic oxidation sites excluding steroid dienone is 1. The molecule has 0 bridgehead atoms. The van der Waals surface area contributed by atoms with Crippen LogP contribution in [0.5, 0.6) is 11.6 Å². The minimum Gasteiger partial charge on any atom is -0.491 e. The highest BCUT2D eigenvalue weighted by molar-refractivity contribution is 5.73. The number of aromatic amines is 1. The van der Waals surface area contributed by atoms with Crippen molar-refractivity contribution < 1.29 is 19.0 Å². The summed E-state index contributed by atoms with van der Waals surface area (Å²) in [5, 5.41) is 16.6. The standard InChI is InChI=1S/C19H20N4O4/c1-10(2)26-14-7-5-4-6-11(14)16-12(9-20)18(21)27-19-17(16)13(22-23-19)8-15(24)25-3/h4-7,10,16H,8,21H2,1-3H3,(H,22,23)/t16-/m1/s1. The van der Waals surface area contributed by atoms with E-state index in [0.717, 1.165) is 5.56 Å². The summed E-state index contributed by atoms with van der Waals surface area (Å²) >= 11 is 0. The summed E-state index contributed by atoms with van der Waals surface area (Å²) in [6.07, 6.45) is -0.0963. The molecule has 3 N–H and O–H groups in total. The number of ether oxygens (including phenoxy) is 3. The third-order valence-electron chi connectivity index (χ3n) is 4.16. The van der Waals surface area contributed by atoms with Crippen LogP contribution >= 0.6 is 0 Å². The van der Waals surface area contributed by atoms with Crippen LogP contribution in [0.4, 0.5) is 0 Å². The molecule has 0 amide bonds. The van der Waals surface area contributed by atoms with E-state index >= 15 is 0 Å². The van der Waals surface area contributed by atoms with Crippen LogP contribution < -0.4 is 15.2 Å². The third kappa shape index (κ3) is 3.44. The molecule has 1 aliphatic rings. The lowest BCUT2D eigenvalue weighted by Gasteiger charge is -2.26. The molecule has 2 heterocycles. The summed E-state index contributed by atoms with van der Waals surface area (Å²) in [6.45, 7) is 3.84. The number of benzene rings is 1. The quantitative estimate of drug-likeness (QED) is 0.775. The minimum absolute atomic E-state index is 0.0227. The van der Waals surface area contributed by atoms with Crippen molar-refractivity contribution >= 4 is 5.97 Å². The van der Waals surface area contributed by atoms with Crippen molar-refractivity contribution in [3.05, 3.63) is 52.5 Å². The van der Waals surface area contributed by atoms with Gasteiger partial charge in [0, 0.05) is 5.56 Å². The lowest BCUT2D eigenvalue weighted by Crippen LogP contribution is -2.22. The Labute approximate surface area is 156 Å². The van der Waals surface area contributed by atoms with E-state index in [0.29, 0.717) is 17.0 Å². The Morgan fingerprint density at radius 3 is 2.85 bits per heavy atom. The van der Waals surface area contributed by atoms with E-state index in [1.54, 1.807) is 0 Å². The Morgan fingerprint density at radius 2 is 2.19 bits per heavy atom. The van der Waals surface area contributed by atoms with E-state index in [2.05, 4.69) is 16.3 Å². The first-order valence-corrected chi connectivity index (χ1v) is 8.43. The van der Waals surface area contributed by atoms with Crippen molar-refractivity contribution in [1.82, 2.24) is 10.2 Å². The lowest BCUT2D eigenvalue weighted by molar-refractivity contribution is -0.139. The molecule has 1 aromatic heterocycles. The molecule has 0 unspecified atom stereocenters. The molecule has 3 rings (SSSR count). The molecule has 0 radical (unpaired) electrons. The number of H-pyrrole nitrogens is 1. The van der Waals surface area contributed by atoms with Gasteiger partial charge in [0.2, 0.25) is 11.8 Å². The second kappa shape index (κ2) is 7.41. The number of carbonyl (C=O) groups is 1. The number of aromatic nitrogens is 2. The highest BCUT2D eigenvalue weighted by Gasteiger charge is 2.37. The maximum absolute atomic E-state index is 11.8. The largest absolute Gasteiger partial charge is 0.491 e. The highest BCUT2D eigenvalue weighted by Crippen LogP contribution is 2.45. The number of esters is 1. The molecular weight excluding hydrogens is 348 g/mol. The molecule has 0 fully saturated rings. The number of nitriles is 1. The number of carbonyl (C=O) groups excluding carboxylic acids is 1. The van der Waals surface area contributed by atoms with Crippen LogP contribution in [-0.2, 0) is 16.0 Å². The summed E-state index contributed by atoms with van der Waals surface area (Å²) in [7, 11) is 1.31. The monoisotopic (exact) mass is 368 g/mol. The number of methoxy groups -OCH3 is 1. The molecule has 140 valence electrons. The van der Waals surface area contributed by atoms with Crippen molar-refractivity contribution in [2.24, 2.45) is 5.73 Å². The van der Waals surface area contributed by atoms with Gasteiger partial charge in [0.25, 0.3) is 0 Å². The van der Waals surface area contributed by atoms with Crippen molar-refractivity contribution in [2.45, 2.75) is 32.3 Å². The van der Waals surface area contributed by atoms with E-state index in [4.69, 9.17) is 19.9 Å². The number of fused-ring (bicyclic) bond motifs is 1. The van der Waals surface area contributed by atoms with Gasteiger partial charge in [0.05, 0.1) is 36.8 Å². The molecule has 1 atom stereocenters. The summed E-state index contributed by atoms with van der Waals surface area (Å²) in [6, 6.07) is 9.51. The first-order valence-electron chi connectivity index (χ1n) is 8.43. The normalized spacial score (nSPS) is 15.7. The Hall–Kier alpha value is -3.47. The Balaban J connectivity index is 2.19. The number of hydrogen-bond donors (Lipinski definition) is 2. The third-order valence-corrected chi connectivity index (χ3v) is 4.16. The van der Waals surface area contributed by atoms with Crippen LogP contribution in [0.25, 0.3) is 0 Å². The highest BCUT2D eigenvalue weighted by atomic mass is 16.5. The van der Waals surface area contributed by atoms with E-state index in [-0.39, 0.29) is 29.9 Å². The summed E-state index contributed by atoms with van der Waals surface area (Å²) < 4.78 is 16.2. The van der Waals surface area contributed by atoms with Gasteiger partial charge in [-0.05, 0) is 19.9 Å². The van der Waals surface area contributed by atoms with Crippen LogP contribution in [-0.4, -0.2) is 29.4 Å². The van der Waals surface area contributed by atoms with Gasteiger partial charge in [-0.1, -0.05) is 18.2 Å². The zero-order valence-corrected chi connectivity index (χ0v) is 15.3. The van der Waals surface area contributed by atoms with Crippen LogP contribution in [0.1, 0.15) is 36.6 Å². The van der Waals surface area contributed by atoms with Gasteiger partial charge >= 0.3 is 5.97 Å². The van der Waals surface area contributed by atoms with Crippen molar-refractivity contribution in [1.29, 1.82) is 5.26 Å². The Kier molecular flexibility index (Phi) is 5.03. The summed E-state index contributed by atoms with van der Waals surface area (Å²) in [5.74, 6) is -0.184. The first kappa shape index (κ1) is 18.3. The van der Waals surface area contributed by atoms with Crippen LogP contribution in [0.15, 0.2) is 35.7 Å². The molecule has 0 saturated heterocycles. The molecule has 0 saturated carbocycles. The zero-order valence-electron chi connectivity index (χ0n) is 15.3. The van der Waals surface area contributed by atoms with Crippen LogP contribution in [0, 0.1) is 11.3 Å². The SMILES string of the molecule is COC(=O)Cc1[nH]nc2c1[C@H](c1ccccc1OC(C)C)C(C#N)=C(N)O2. The van der Waals surface area contributed by atoms with Gasteiger partial charge in [-0.3, -0.25) is 9.89 Å². The number of hydrogen-bond acceptors (Lipinski definition) is 7. The zero-order chi connectivity index (χ0) is 19.6. The molecule has 2 aromatic rings. The number of para-hydroxylation sites is 1. The number of nitrogens with two attached hydrogens (primary N) is 1. The van der Waals surface area contributed by atoms with E-state index in [1.807, 2.05) is 38.1 Å². The van der Waals surface area contributed by atoms with Gasteiger partial charge in [-0.25, -0.2) is 0 Å². The second-order valence-electron chi connectivity index (χ2n) is 6.30. The molecular formula is C19H20N4O4. The summed E-state index contributed by atoms with van der Waals surface area (Å²) in [5.41, 5.74) is 8.01. The fourth-order valence-electron chi connectivity index (χ4n) is 3.05. The number of rotatable bonds is 5. The van der Waals surface area contributed by atoms with Crippen molar-refractivity contribution in [3.63, 3.8) is 0 Å². The molecule has 1 aromatic carbocycles. The van der Waals surface area contributed by atoms with Crippen LogP contribution in [0.2, 0.25) is 0 Å². The van der Waals surface area contributed by atoms with Gasteiger partial charge < -0.3 is 19.9 Å². The average Bonchev–Trinajstić information content (AvgIpc) is 3.02. The molecule has 8 heteroatoms. The second-order valence-corrected chi connectivity index (χ2v) is 6.30. The van der Waals surface area contributed by atoms with Gasteiger partial charge in [0.1, 0.15) is 17.4 Å². The molecule has 27 heavy (non-hydrogen) atoms. The van der Waals surface area contributed by atoms with Crippen molar-refractivity contribution in [2.75, 3.05) is 7.11 Å². The maximum Gasteiger partial charge on any atom is 0.311 e. The maximum atomic E-state index is 11.8. The van der Waals surface area contributed by atoms with Crippen LogP contribution in [0.3, 0.4) is 0 Å². The molecule has 1 aliphatic heterocycles. The predicted octanol–water partition coefficient (Wildman–Crippen LogP) is 2.13. The summed E-state index contributed by atoms with van der Waals surface area (Å²) in [4.78, 5) is 11.8. The predicted molar refractivity (Wildman–Crippen MR) is 95.8 cm³/mol. The van der Waals surface area contributed by atoms with Crippen molar-refractivity contribution in [3.8, 4) is 17.7 Å². The number of nitrogens with one attached hydrogen (secondary N) is 1. The van der Waals surface area contributed by atoms with Gasteiger partial charge in [-0.2, -0.15) is 5.26 Å². The Morgan fingerprint density at radius 1 is 1.44 bits per heavy atom. The fraction of sp³-hybridized carbons (Fsp3) is 0.316. The molecule has 0 aliphatic carbocycles. The topological polar surface area (TPSA) is 123 Å². The van der Waals surface area contributed by atoms with E-state index < -0.39 is 11.9 Å². The fourth-order valence-corrected chi connectivity index (χ4v) is 3.05. The van der Waals surface area contributed by atoms with E-state index in [9.17, 15) is 10.1 Å². The smallest absolute Gasteiger partial charge is 0.311 e. The average molecular weight is 368 g/mol. The van der Waals surface area contributed by atoms with Gasteiger partial charge in [0.15, 0.2) is 0 Å². The molecule has 8 nitrogen and oxygen atoms in total. The number of nitrogens with zero attached hydrogens (tertiary/aromatic N) is 2. The Bertz CT molecular complexity index is 939. The lowest BCUT2D eigenvalue weighted by atomic mass is 9.83. The van der Waals surface area contributed by atoms with E-state index in [1.165, 1.54) is 7.11 Å². The van der Waals surface area contributed by atoms with Gasteiger partial charge in [-0.15, -0.1) is 5.10 Å². The first-order chi connectivity index (χ1) is 13.0. The molecule has 0 spiro atoms. The minimum atomic E-state index is -0.577.